The van der Waals surface area contributed by atoms with Gasteiger partial charge in [-0.2, -0.15) is 0 Å². The molecule has 2 aromatic rings. The quantitative estimate of drug-likeness (QED) is 0.312. The van der Waals surface area contributed by atoms with Gasteiger partial charge in [-0.05, 0) is 51.3 Å². The molecule has 1 N–H and O–H groups in total. The smallest absolute Gasteiger partial charge is 0.295 e. The SMILES string of the molecule is COc1ccc(C(O)=C2C(=O)C(=O)N(CCCN(C)C)[C@@H]2c2cccc(OC)c2OC)cc1OC. The molecule has 188 valence electrons. The molecule has 1 fully saturated rings. The van der Waals surface area contributed by atoms with Gasteiger partial charge in [-0.25, -0.2) is 0 Å². The molecule has 1 saturated heterocycles. The molecule has 1 atom stereocenters. The first-order chi connectivity index (χ1) is 16.8. The summed E-state index contributed by atoms with van der Waals surface area (Å²) in [6, 6.07) is 9.18. The number of carbonyl (C=O) groups excluding carboxylic acids is 2. The summed E-state index contributed by atoms with van der Waals surface area (Å²) in [6.07, 6.45) is 0.638. The summed E-state index contributed by atoms with van der Waals surface area (Å²) in [5, 5.41) is 11.3. The largest absolute Gasteiger partial charge is 0.507 e. The van der Waals surface area contributed by atoms with Crippen molar-refractivity contribution in [2.75, 3.05) is 55.6 Å². The van der Waals surface area contributed by atoms with E-state index in [9.17, 15) is 14.7 Å². The first-order valence-corrected chi connectivity index (χ1v) is 11.1. The van der Waals surface area contributed by atoms with Gasteiger partial charge in [0.05, 0.1) is 40.1 Å². The lowest BCUT2D eigenvalue weighted by Crippen LogP contribution is -2.32. The van der Waals surface area contributed by atoms with Crippen LogP contribution >= 0.6 is 0 Å². The van der Waals surface area contributed by atoms with Gasteiger partial charge in [0.25, 0.3) is 11.7 Å². The molecule has 0 aliphatic carbocycles. The number of ether oxygens (including phenoxy) is 4. The van der Waals surface area contributed by atoms with Gasteiger partial charge >= 0.3 is 0 Å². The van der Waals surface area contributed by atoms with Crippen molar-refractivity contribution in [3.63, 3.8) is 0 Å². The third-order valence-electron chi connectivity index (χ3n) is 5.93. The minimum atomic E-state index is -0.865. The van der Waals surface area contributed by atoms with Crippen LogP contribution in [-0.4, -0.2) is 82.2 Å². The Kier molecular flexibility index (Phi) is 8.24. The summed E-state index contributed by atoms with van der Waals surface area (Å²) < 4.78 is 21.7. The number of para-hydroxylation sites is 1. The van der Waals surface area contributed by atoms with Gasteiger partial charge in [-0.15, -0.1) is 0 Å². The highest BCUT2D eigenvalue weighted by atomic mass is 16.5. The number of hydrogen-bond acceptors (Lipinski definition) is 8. The second-order valence-corrected chi connectivity index (χ2v) is 8.30. The molecule has 0 unspecified atom stereocenters. The molecule has 2 aromatic carbocycles. The minimum absolute atomic E-state index is 0.0290. The number of ketones is 1. The van der Waals surface area contributed by atoms with Crippen molar-refractivity contribution in [3.8, 4) is 23.0 Å². The maximum absolute atomic E-state index is 13.3. The maximum atomic E-state index is 13.3. The van der Waals surface area contributed by atoms with Crippen LogP contribution in [0.15, 0.2) is 42.0 Å². The zero-order chi connectivity index (χ0) is 25.7. The monoisotopic (exact) mass is 484 g/mol. The Labute approximate surface area is 205 Å². The van der Waals surface area contributed by atoms with E-state index in [2.05, 4.69) is 0 Å². The predicted molar refractivity (Wildman–Crippen MR) is 131 cm³/mol. The van der Waals surface area contributed by atoms with E-state index in [1.165, 1.54) is 33.3 Å². The van der Waals surface area contributed by atoms with Crippen LogP contribution in [0.2, 0.25) is 0 Å². The zero-order valence-corrected chi connectivity index (χ0v) is 21.0. The minimum Gasteiger partial charge on any atom is -0.507 e. The van der Waals surface area contributed by atoms with Crippen LogP contribution in [0.4, 0.5) is 0 Å². The van der Waals surface area contributed by atoms with Crippen LogP contribution in [-0.2, 0) is 9.59 Å². The number of likely N-dealkylation sites (tertiary alicyclic amines) is 1. The number of Topliss-reactive ketones (excluding diaryl/α,β-unsaturated/α-hetero) is 1. The first-order valence-electron chi connectivity index (χ1n) is 11.1. The zero-order valence-electron chi connectivity index (χ0n) is 21.0. The molecule has 0 aromatic heterocycles. The first kappa shape index (κ1) is 25.9. The highest BCUT2D eigenvalue weighted by Gasteiger charge is 2.47. The van der Waals surface area contributed by atoms with E-state index in [0.717, 1.165) is 6.54 Å². The van der Waals surface area contributed by atoms with Crippen molar-refractivity contribution in [2.24, 2.45) is 0 Å². The molecule has 0 radical (unpaired) electrons. The summed E-state index contributed by atoms with van der Waals surface area (Å²) in [6.45, 7) is 1.04. The Hall–Kier alpha value is -3.72. The fraction of sp³-hybridized carbons (Fsp3) is 0.385. The van der Waals surface area contributed by atoms with E-state index in [1.807, 2.05) is 19.0 Å². The summed E-state index contributed by atoms with van der Waals surface area (Å²) in [7, 11) is 9.87. The van der Waals surface area contributed by atoms with Crippen LogP contribution < -0.4 is 18.9 Å². The van der Waals surface area contributed by atoms with Gasteiger partial charge < -0.3 is 33.9 Å². The number of hydrogen-bond donors (Lipinski definition) is 1. The van der Waals surface area contributed by atoms with E-state index >= 15 is 0 Å². The van der Waals surface area contributed by atoms with Crippen molar-refractivity contribution < 1.29 is 33.6 Å². The highest BCUT2D eigenvalue weighted by molar-refractivity contribution is 6.46. The van der Waals surface area contributed by atoms with Crippen molar-refractivity contribution in [1.82, 2.24) is 9.80 Å². The van der Waals surface area contributed by atoms with E-state index in [1.54, 1.807) is 36.4 Å². The molecule has 9 heteroatoms. The number of aliphatic hydroxyl groups excluding tert-OH is 1. The normalized spacial score (nSPS) is 17.1. The Morgan fingerprint density at radius 1 is 0.943 bits per heavy atom. The Balaban J connectivity index is 2.22. The Morgan fingerprint density at radius 2 is 1.63 bits per heavy atom. The van der Waals surface area contributed by atoms with Crippen molar-refractivity contribution in [1.29, 1.82) is 0 Å². The molecule has 1 aliphatic rings. The lowest BCUT2D eigenvalue weighted by atomic mass is 9.94. The van der Waals surface area contributed by atoms with Gasteiger partial charge in [0.1, 0.15) is 5.76 Å². The Bertz CT molecular complexity index is 1130. The van der Waals surface area contributed by atoms with Crippen LogP contribution in [0.25, 0.3) is 5.76 Å². The second-order valence-electron chi connectivity index (χ2n) is 8.30. The molecule has 9 nitrogen and oxygen atoms in total. The fourth-order valence-corrected chi connectivity index (χ4v) is 4.26. The van der Waals surface area contributed by atoms with Crippen LogP contribution in [0.1, 0.15) is 23.6 Å². The summed E-state index contributed by atoms with van der Waals surface area (Å²) in [4.78, 5) is 30.0. The molecule has 35 heavy (non-hydrogen) atoms. The molecule has 0 spiro atoms. The van der Waals surface area contributed by atoms with Gasteiger partial charge in [0.15, 0.2) is 23.0 Å². The van der Waals surface area contributed by atoms with Crippen molar-refractivity contribution in [3.05, 3.63) is 53.1 Å². The molecule has 1 aliphatic heterocycles. The summed E-state index contributed by atoms with van der Waals surface area (Å²) in [5.41, 5.74) is 0.831. The average molecular weight is 485 g/mol. The van der Waals surface area contributed by atoms with Gasteiger partial charge in [-0.1, -0.05) is 12.1 Å². The van der Waals surface area contributed by atoms with Crippen LogP contribution in [0, 0.1) is 0 Å². The third-order valence-corrected chi connectivity index (χ3v) is 5.93. The predicted octanol–water partition coefficient (Wildman–Crippen LogP) is 3.09. The summed E-state index contributed by atoms with van der Waals surface area (Å²) in [5.74, 6) is -0.0638. The lowest BCUT2D eigenvalue weighted by Gasteiger charge is -2.27. The second kappa shape index (κ2) is 11.1. The van der Waals surface area contributed by atoms with Crippen molar-refractivity contribution in [2.45, 2.75) is 12.5 Å². The molecule has 0 bridgehead atoms. The highest BCUT2D eigenvalue weighted by Crippen LogP contribution is 2.46. The number of carbonyl (C=O) groups is 2. The molecular formula is C26H32N2O7. The summed E-state index contributed by atoms with van der Waals surface area (Å²) >= 11 is 0. The molecule has 1 heterocycles. The van der Waals surface area contributed by atoms with Gasteiger partial charge in [0, 0.05) is 17.7 Å². The van der Waals surface area contributed by atoms with E-state index < -0.39 is 17.7 Å². The molecular weight excluding hydrogens is 452 g/mol. The van der Waals surface area contributed by atoms with Gasteiger partial charge in [-0.3, -0.25) is 9.59 Å². The topological polar surface area (TPSA) is 97.8 Å². The Morgan fingerprint density at radius 3 is 2.23 bits per heavy atom. The van der Waals surface area contributed by atoms with Crippen molar-refractivity contribution >= 4 is 17.4 Å². The van der Waals surface area contributed by atoms with E-state index in [-0.39, 0.29) is 11.3 Å². The number of amides is 1. The number of rotatable bonds is 10. The van der Waals surface area contributed by atoms with E-state index in [4.69, 9.17) is 18.9 Å². The molecule has 1 amide bonds. The fourth-order valence-electron chi connectivity index (χ4n) is 4.26. The number of nitrogens with zero attached hydrogens (tertiary/aromatic N) is 2. The number of aliphatic hydroxyl groups is 1. The van der Waals surface area contributed by atoms with Gasteiger partial charge in [0.2, 0.25) is 0 Å². The third kappa shape index (κ3) is 5.05. The molecule has 3 rings (SSSR count). The lowest BCUT2D eigenvalue weighted by molar-refractivity contribution is -0.140. The molecule has 0 saturated carbocycles. The van der Waals surface area contributed by atoms with Crippen LogP contribution in [0.3, 0.4) is 0 Å². The maximum Gasteiger partial charge on any atom is 0.295 e. The standard InChI is InChI=1S/C26H32N2O7/c1-27(2)13-8-14-28-22(17-9-7-10-19(33-4)25(17)35-6)21(24(30)26(28)31)23(29)16-11-12-18(32-3)20(15-16)34-5/h7,9-12,15,22,29H,8,13-14H2,1-6H3/t22-/m1/s1. The average Bonchev–Trinajstić information content (AvgIpc) is 3.11. The van der Waals surface area contributed by atoms with E-state index in [0.29, 0.717) is 47.1 Å². The number of methoxy groups -OCH3 is 4. The number of benzene rings is 2. The van der Waals surface area contributed by atoms with Crippen LogP contribution in [0.5, 0.6) is 23.0 Å².